The van der Waals surface area contributed by atoms with Crippen molar-refractivity contribution in [2.45, 2.75) is 0 Å². The highest BCUT2D eigenvalue weighted by atomic mass is 16.5. The van der Waals surface area contributed by atoms with E-state index in [1.807, 2.05) is 42.5 Å². The fourth-order valence-electron chi connectivity index (χ4n) is 4.13. The van der Waals surface area contributed by atoms with Crippen LogP contribution in [0.1, 0.15) is 0 Å². The normalized spacial score (nSPS) is 11.2. The molecule has 0 amide bonds. The van der Waals surface area contributed by atoms with E-state index < -0.39 is 0 Å². The lowest BCUT2D eigenvalue weighted by molar-refractivity contribution is 0.356. The topological polar surface area (TPSA) is 57.4 Å². The molecule has 1 heterocycles. The van der Waals surface area contributed by atoms with Crippen molar-refractivity contribution in [3.63, 3.8) is 0 Å². The Morgan fingerprint density at radius 1 is 0.724 bits per heavy atom. The lowest BCUT2D eigenvalue weighted by atomic mass is 9.92. The van der Waals surface area contributed by atoms with Crippen LogP contribution in [0.4, 0.5) is 5.82 Å². The van der Waals surface area contributed by atoms with Gasteiger partial charge in [0.2, 0.25) is 0 Å². The summed E-state index contributed by atoms with van der Waals surface area (Å²) in [5, 5.41) is 5.24. The van der Waals surface area contributed by atoms with Crippen LogP contribution in [0.3, 0.4) is 0 Å². The number of rotatable bonds is 3. The molecule has 0 aliphatic rings. The molecular weight excluding hydrogens is 360 g/mol. The molecule has 2 N–H and O–H groups in total. The third-order valence-corrected chi connectivity index (χ3v) is 5.42. The lowest BCUT2D eigenvalue weighted by Gasteiger charge is -2.17. The number of aromatic nitrogens is 1. The molecule has 29 heavy (non-hydrogen) atoms. The minimum Gasteiger partial charge on any atom is -0.493 e. The van der Waals surface area contributed by atoms with Crippen molar-refractivity contribution in [3.8, 4) is 22.6 Å². The Morgan fingerprint density at radius 2 is 1.45 bits per heavy atom. The van der Waals surface area contributed by atoms with Crippen LogP contribution in [0.5, 0.6) is 11.5 Å². The van der Waals surface area contributed by atoms with Crippen LogP contribution < -0.4 is 15.2 Å². The Morgan fingerprint density at radius 3 is 2.21 bits per heavy atom. The summed E-state index contributed by atoms with van der Waals surface area (Å²) in [7, 11) is 3.32. The van der Waals surface area contributed by atoms with Crippen LogP contribution in [-0.4, -0.2) is 19.2 Å². The second-order valence-corrected chi connectivity index (χ2v) is 6.95. The van der Waals surface area contributed by atoms with Crippen LogP contribution in [0.25, 0.3) is 43.6 Å². The van der Waals surface area contributed by atoms with Gasteiger partial charge < -0.3 is 15.2 Å². The molecule has 5 rings (SSSR count). The predicted molar refractivity (Wildman–Crippen MR) is 120 cm³/mol. The first kappa shape index (κ1) is 17.3. The molecular formula is C25H20N2O2. The predicted octanol–water partition coefficient (Wildman–Crippen LogP) is 5.81. The summed E-state index contributed by atoms with van der Waals surface area (Å²) in [6, 6.07) is 24.5. The van der Waals surface area contributed by atoms with E-state index in [2.05, 4.69) is 30.3 Å². The number of ether oxygens (including phenoxy) is 2. The number of anilines is 1. The maximum atomic E-state index is 6.35. The van der Waals surface area contributed by atoms with E-state index in [9.17, 15) is 0 Å². The summed E-state index contributed by atoms with van der Waals surface area (Å²) < 4.78 is 11.3. The molecule has 4 aromatic carbocycles. The van der Waals surface area contributed by atoms with Crippen LogP contribution >= 0.6 is 0 Å². The van der Waals surface area contributed by atoms with E-state index in [-0.39, 0.29) is 0 Å². The fourth-order valence-corrected chi connectivity index (χ4v) is 4.13. The van der Waals surface area contributed by atoms with Crippen molar-refractivity contribution in [3.05, 3.63) is 72.8 Å². The molecule has 0 spiro atoms. The molecule has 0 saturated carbocycles. The average molecular weight is 380 g/mol. The summed E-state index contributed by atoms with van der Waals surface area (Å²) in [5.74, 6) is 1.93. The Hall–Kier alpha value is -3.79. The Balaban J connectivity index is 2.05. The largest absolute Gasteiger partial charge is 0.493 e. The van der Waals surface area contributed by atoms with Crippen LogP contribution in [0, 0.1) is 0 Å². The van der Waals surface area contributed by atoms with Crippen LogP contribution in [-0.2, 0) is 0 Å². The van der Waals surface area contributed by atoms with Gasteiger partial charge in [0.05, 0.1) is 19.7 Å². The standard InChI is InChI=1S/C25H20N2O2/c1-28-21-13-7-12-18(24(21)29-2)20-14-15-8-3-4-9-16(15)23-22(20)17-10-5-6-11-19(17)25(26)27-23/h3-14H,1-2H3,(H2,26,27). The Bertz CT molecular complexity index is 1390. The molecule has 0 aliphatic heterocycles. The van der Waals surface area contributed by atoms with Gasteiger partial charge >= 0.3 is 0 Å². The smallest absolute Gasteiger partial charge is 0.168 e. The maximum Gasteiger partial charge on any atom is 0.168 e. The van der Waals surface area contributed by atoms with E-state index >= 15 is 0 Å². The highest BCUT2D eigenvalue weighted by Crippen LogP contribution is 2.44. The van der Waals surface area contributed by atoms with Gasteiger partial charge in [0.15, 0.2) is 11.5 Å². The number of nitrogens with zero attached hydrogens (tertiary/aromatic N) is 1. The van der Waals surface area contributed by atoms with Crippen LogP contribution in [0.15, 0.2) is 72.8 Å². The molecule has 0 unspecified atom stereocenters. The number of pyridine rings is 1. The quantitative estimate of drug-likeness (QED) is 0.401. The second-order valence-electron chi connectivity index (χ2n) is 6.95. The molecule has 4 heteroatoms. The molecule has 0 aliphatic carbocycles. The first-order chi connectivity index (χ1) is 14.2. The van der Waals surface area contributed by atoms with Gasteiger partial charge in [-0.25, -0.2) is 4.98 Å². The first-order valence-corrected chi connectivity index (χ1v) is 9.44. The van der Waals surface area contributed by atoms with E-state index in [0.29, 0.717) is 17.3 Å². The minimum absolute atomic E-state index is 0.535. The highest BCUT2D eigenvalue weighted by Gasteiger charge is 2.18. The zero-order chi connectivity index (χ0) is 20.0. The third kappa shape index (κ3) is 2.57. The van der Waals surface area contributed by atoms with Crippen molar-refractivity contribution < 1.29 is 9.47 Å². The van der Waals surface area contributed by atoms with Gasteiger partial charge in [0.25, 0.3) is 0 Å². The summed E-state index contributed by atoms with van der Waals surface area (Å²) in [5.41, 5.74) is 9.23. The average Bonchev–Trinajstić information content (AvgIpc) is 2.78. The van der Waals surface area contributed by atoms with Gasteiger partial charge in [-0.2, -0.15) is 0 Å². The van der Waals surface area contributed by atoms with Crippen molar-refractivity contribution >= 4 is 38.3 Å². The number of fused-ring (bicyclic) bond motifs is 5. The molecule has 0 bridgehead atoms. The Labute approximate surface area is 168 Å². The van der Waals surface area contributed by atoms with Crippen molar-refractivity contribution in [2.75, 3.05) is 20.0 Å². The molecule has 142 valence electrons. The number of hydrogen-bond acceptors (Lipinski definition) is 4. The number of para-hydroxylation sites is 1. The van der Waals surface area contributed by atoms with Gasteiger partial charge in [-0.3, -0.25) is 0 Å². The minimum atomic E-state index is 0.535. The van der Waals surface area contributed by atoms with Crippen molar-refractivity contribution in [1.82, 2.24) is 4.98 Å². The summed E-state index contributed by atoms with van der Waals surface area (Å²) >= 11 is 0. The molecule has 5 aromatic rings. The molecule has 0 saturated heterocycles. The highest BCUT2D eigenvalue weighted by molar-refractivity contribution is 6.23. The van der Waals surface area contributed by atoms with Gasteiger partial charge in [-0.1, -0.05) is 60.7 Å². The summed E-state index contributed by atoms with van der Waals surface area (Å²) in [6.07, 6.45) is 0. The fraction of sp³-hybridized carbons (Fsp3) is 0.0800. The second kappa shape index (κ2) is 6.67. The van der Waals surface area contributed by atoms with Gasteiger partial charge in [0, 0.05) is 21.7 Å². The van der Waals surface area contributed by atoms with E-state index in [1.165, 1.54) is 0 Å². The monoisotopic (exact) mass is 380 g/mol. The zero-order valence-corrected chi connectivity index (χ0v) is 16.3. The third-order valence-electron chi connectivity index (χ3n) is 5.42. The lowest BCUT2D eigenvalue weighted by Crippen LogP contribution is -1.97. The van der Waals surface area contributed by atoms with Gasteiger partial charge in [0.1, 0.15) is 5.82 Å². The number of nitrogen functional groups attached to an aromatic ring is 1. The number of methoxy groups -OCH3 is 2. The van der Waals surface area contributed by atoms with E-state index in [0.717, 1.165) is 43.6 Å². The molecule has 1 aromatic heterocycles. The van der Waals surface area contributed by atoms with Crippen molar-refractivity contribution in [1.29, 1.82) is 0 Å². The van der Waals surface area contributed by atoms with Crippen LogP contribution in [0.2, 0.25) is 0 Å². The number of nitrogens with two attached hydrogens (primary N) is 1. The molecule has 0 radical (unpaired) electrons. The van der Waals surface area contributed by atoms with E-state index in [1.54, 1.807) is 14.2 Å². The first-order valence-electron chi connectivity index (χ1n) is 9.44. The zero-order valence-electron chi connectivity index (χ0n) is 16.3. The maximum absolute atomic E-state index is 6.35. The summed E-state index contributed by atoms with van der Waals surface area (Å²) in [4.78, 5) is 4.82. The molecule has 4 nitrogen and oxygen atoms in total. The molecule has 0 atom stereocenters. The summed E-state index contributed by atoms with van der Waals surface area (Å²) in [6.45, 7) is 0. The van der Waals surface area contributed by atoms with Crippen molar-refractivity contribution in [2.24, 2.45) is 0 Å². The van der Waals surface area contributed by atoms with E-state index in [4.69, 9.17) is 20.2 Å². The van der Waals surface area contributed by atoms with Gasteiger partial charge in [-0.05, 0) is 28.5 Å². The number of hydrogen-bond donors (Lipinski definition) is 1. The van der Waals surface area contributed by atoms with Gasteiger partial charge in [-0.15, -0.1) is 0 Å². The SMILES string of the molecule is COc1cccc(-c2cc3ccccc3c3nc(N)c4ccccc4c23)c1OC. The molecule has 0 fully saturated rings. The Kier molecular flexibility index (Phi) is 3.98. The number of benzene rings is 4.